The standard InChI is InChI=1S/C27H30O2/c1-3-5-15-27(16-6-4-2)25-19-21(9-7-17-28)11-13-23(25)24-14-12-22(10-8-18-29)20-26(24)27/h11-14,19-20,28-29H,3-6,15-18H2,1-2H3. The Morgan fingerprint density at radius 2 is 1.17 bits per heavy atom. The highest BCUT2D eigenvalue weighted by Crippen LogP contribution is 2.54. The van der Waals surface area contributed by atoms with Crippen LogP contribution in [0.25, 0.3) is 11.1 Å². The van der Waals surface area contributed by atoms with E-state index < -0.39 is 0 Å². The molecule has 2 nitrogen and oxygen atoms in total. The smallest absolute Gasteiger partial charge is 0.104 e. The van der Waals surface area contributed by atoms with Gasteiger partial charge in [-0.05, 0) is 59.4 Å². The number of aliphatic hydroxyl groups excluding tert-OH is 2. The molecule has 0 spiro atoms. The number of fused-ring (bicyclic) bond motifs is 3. The zero-order valence-electron chi connectivity index (χ0n) is 17.5. The van der Waals surface area contributed by atoms with Gasteiger partial charge in [0.25, 0.3) is 0 Å². The van der Waals surface area contributed by atoms with Crippen LogP contribution in [0.1, 0.15) is 74.6 Å². The normalized spacial score (nSPS) is 13.0. The van der Waals surface area contributed by atoms with Gasteiger partial charge in [0.15, 0.2) is 0 Å². The summed E-state index contributed by atoms with van der Waals surface area (Å²) < 4.78 is 0. The van der Waals surface area contributed by atoms with Gasteiger partial charge in [0.1, 0.15) is 13.2 Å². The molecule has 0 heterocycles. The zero-order valence-corrected chi connectivity index (χ0v) is 17.5. The summed E-state index contributed by atoms with van der Waals surface area (Å²) in [6.45, 7) is 4.25. The molecule has 0 radical (unpaired) electrons. The van der Waals surface area contributed by atoms with Crippen molar-refractivity contribution in [3.8, 4) is 34.8 Å². The Balaban J connectivity index is 2.22. The third kappa shape index (κ3) is 4.25. The number of unbranched alkanes of at least 4 members (excludes halogenated alkanes) is 2. The Kier molecular flexibility index (Phi) is 7.16. The summed E-state index contributed by atoms with van der Waals surface area (Å²) >= 11 is 0. The van der Waals surface area contributed by atoms with Crippen molar-refractivity contribution in [1.29, 1.82) is 0 Å². The second-order valence-electron chi connectivity index (χ2n) is 7.73. The molecule has 0 saturated heterocycles. The summed E-state index contributed by atoms with van der Waals surface area (Å²) in [5.74, 6) is 11.8. The van der Waals surface area contributed by atoms with E-state index >= 15 is 0 Å². The van der Waals surface area contributed by atoms with Gasteiger partial charge in [0, 0.05) is 16.5 Å². The molecule has 3 rings (SSSR count). The topological polar surface area (TPSA) is 40.5 Å². The third-order valence-corrected chi connectivity index (χ3v) is 5.90. The minimum Gasteiger partial charge on any atom is -0.384 e. The predicted molar refractivity (Wildman–Crippen MR) is 120 cm³/mol. The maximum Gasteiger partial charge on any atom is 0.104 e. The average molecular weight is 387 g/mol. The fraction of sp³-hybridized carbons (Fsp3) is 0.407. The average Bonchev–Trinajstić information content (AvgIpc) is 3.02. The molecular formula is C27H30O2. The Hall–Kier alpha value is -2.52. The summed E-state index contributed by atoms with van der Waals surface area (Å²) in [5, 5.41) is 18.2. The molecule has 0 aliphatic heterocycles. The fourth-order valence-corrected chi connectivity index (χ4v) is 4.55. The fourth-order valence-electron chi connectivity index (χ4n) is 4.55. The van der Waals surface area contributed by atoms with Crippen LogP contribution in [0.5, 0.6) is 0 Å². The summed E-state index contributed by atoms with van der Waals surface area (Å²) in [5.41, 5.74) is 7.22. The van der Waals surface area contributed by atoms with Gasteiger partial charge in [-0.2, -0.15) is 0 Å². The number of aliphatic hydroxyl groups is 2. The van der Waals surface area contributed by atoms with Crippen molar-refractivity contribution in [2.45, 2.75) is 57.8 Å². The lowest BCUT2D eigenvalue weighted by atomic mass is 9.70. The Bertz CT molecular complexity index is 898. The first-order valence-corrected chi connectivity index (χ1v) is 10.7. The van der Waals surface area contributed by atoms with Gasteiger partial charge in [0.05, 0.1) is 0 Å². The van der Waals surface area contributed by atoms with E-state index in [0.29, 0.717) is 0 Å². The predicted octanol–water partition coefficient (Wildman–Crippen LogP) is 5.02. The first kappa shape index (κ1) is 21.2. The second kappa shape index (κ2) is 9.80. The molecule has 0 saturated carbocycles. The molecule has 0 fully saturated rings. The number of rotatable bonds is 6. The van der Waals surface area contributed by atoms with Crippen LogP contribution in [-0.4, -0.2) is 23.4 Å². The van der Waals surface area contributed by atoms with E-state index in [4.69, 9.17) is 10.2 Å². The molecule has 29 heavy (non-hydrogen) atoms. The molecule has 1 aliphatic carbocycles. The Morgan fingerprint density at radius 1 is 0.724 bits per heavy atom. The Labute approximate surface area is 175 Å². The molecule has 0 unspecified atom stereocenters. The van der Waals surface area contributed by atoms with E-state index in [0.717, 1.165) is 36.8 Å². The third-order valence-electron chi connectivity index (χ3n) is 5.90. The highest BCUT2D eigenvalue weighted by Gasteiger charge is 2.42. The van der Waals surface area contributed by atoms with Crippen molar-refractivity contribution >= 4 is 0 Å². The maximum atomic E-state index is 9.10. The monoisotopic (exact) mass is 386 g/mol. The highest BCUT2D eigenvalue weighted by molar-refractivity contribution is 5.82. The molecule has 150 valence electrons. The molecule has 1 aliphatic rings. The minimum atomic E-state index is -0.124. The van der Waals surface area contributed by atoms with E-state index in [1.54, 1.807) is 0 Å². The minimum absolute atomic E-state index is 0.0233. The van der Waals surface area contributed by atoms with Crippen LogP contribution in [-0.2, 0) is 5.41 Å². The molecule has 0 aromatic heterocycles. The van der Waals surface area contributed by atoms with Crippen molar-refractivity contribution in [3.05, 3.63) is 58.7 Å². The van der Waals surface area contributed by atoms with Crippen molar-refractivity contribution < 1.29 is 10.2 Å². The molecule has 0 bridgehead atoms. The maximum absolute atomic E-state index is 9.10. The molecule has 2 N–H and O–H groups in total. The van der Waals surface area contributed by atoms with E-state index in [-0.39, 0.29) is 18.6 Å². The second-order valence-corrected chi connectivity index (χ2v) is 7.73. The quantitative estimate of drug-likeness (QED) is 0.684. The summed E-state index contributed by atoms with van der Waals surface area (Å²) in [7, 11) is 0. The lowest BCUT2D eigenvalue weighted by molar-refractivity contribution is 0.350. The van der Waals surface area contributed by atoms with Crippen LogP contribution in [0.3, 0.4) is 0 Å². The molecule has 0 amide bonds. The van der Waals surface area contributed by atoms with Gasteiger partial charge < -0.3 is 10.2 Å². The summed E-state index contributed by atoms with van der Waals surface area (Å²) in [6.07, 6.45) is 6.87. The lowest BCUT2D eigenvalue weighted by Gasteiger charge is -2.33. The van der Waals surface area contributed by atoms with E-state index in [1.165, 1.54) is 35.1 Å². The number of hydrogen-bond donors (Lipinski definition) is 2. The molecule has 2 heteroatoms. The van der Waals surface area contributed by atoms with Gasteiger partial charge in [-0.25, -0.2) is 0 Å². The van der Waals surface area contributed by atoms with Gasteiger partial charge in [-0.15, -0.1) is 0 Å². The van der Waals surface area contributed by atoms with Gasteiger partial charge in [0.2, 0.25) is 0 Å². The van der Waals surface area contributed by atoms with Crippen LogP contribution in [0.2, 0.25) is 0 Å². The SMILES string of the molecule is CCCCC1(CCCC)c2cc(C#CCO)ccc2-c2ccc(C#CCO)cc21. The summed E-state index contributed by atoms with van der Waals surface area (Å²) in [4.78, 5) is 0. The van der Waals surface area contributed by atoms with Gasteiger partial charge in [-0.1, -0.05) is 75.3 Å². The molecule has 0 atom stereocenters. The number of hydrogen-bond acceptors (Lipinski definition) is 2. The molecular weight excluding hydrogens is 356 g/mol. The molecule has 2 aromatic carbocycles. The van der Waals surface area contributed by atoms with E-state index in [2.05, 4.69) is 73.9 Å². The van der Waals surface area contributed by atoms with Crippen LogP contribution >= 0.6 is 0 Å². The highest BCUT2D eigenvalue weighted by atomic mass is 16.3. The van der Waals surface area contributed by atoms with Crippen molar-refractivity contribution in [2.24, 2.45) is 0 Å². The van der Waals surface area contributed by atoms with Crippen LogP contribution in [0.4, 0.5) is 0 Å². The van der Waals surface area contributed by atoms with Crippen molar-refractivity contribution in [3.63, 3.8) is 0 Å². The van der Waals surface area contributed by atoms with Gasteiger partial charge in [-0.3, -0.25) is 0 Å². The van der Waals surface area contributed by atoms with Crippen LogP contribution in [0.15, 0.2) is 36.4 Å². The van der Waals surface area contributed by atoms with Crippen LogP contribution in [0, 0.1) is 23.7 Å². The van der Waals surface area contributed by atoms with Gasteiger partial charge >= 0.3 is 0 Å². The van der Waals surface area contributed by atoms with Crippen molar-refractivity contribution in [2.75, 3.05) is 13.2 Å². The largest absolute Gasteiger partial charge is 0.384 e. The summed E-state index contributed by atoms with van der Waals surface area (Å²) in [6, 6.07) is 13.0. The Morgan fingerprint density at radius 3 is 1.55 bits per heavy atom. The van der Waals surface area contributed by atoms with E-state index in [9.17, 15) is 0 Å². The van der Waals surface area contributed by atoms with Crippen LogP contribution < -0.4 is 0 Å². The van der Waals surface area contributed by atoms with E-state index in [1.807, 2.05) is 0 Å². The lowest BCUT2D eigenvalue weighted by Crippen LogP contribution is -2.25. The molecule has 2 aromatic rings. The first-order chi connectivity index (χ1) is 14.2. The van der Waals surface area contributed by atoms with Crippen molar-refractivity contribution in [1.82, 2.24) is 0 Å². The number of benzene rings is 2. The first-order valence-electron chi connectivity index (χ1n) is 10.7. The zero-order chi connectivity index (χ0) is 20.7.